The summed E-state index contributed by atoms with van der Waals surface area (Å²) in [6, 6.07) is 11.5. The van der Waals surface area contributed by atoms with E-state index in [1.807, 2.05) is 24.3 Å². The van der Waals surface area contributed by atoms with Crippen molar-refractivity contribution in [3.8, 4) is 0 Å². The van der Waals surface area contributed by atoms with Crippen molar-refractivity contribution in [1.29, 1.82) is 0 Å². The highest BCUT2D eigenvalue weighted by Crippen LogP contribution is 2.25. The predicted molar refractivity (Wildman–Crippen MR) is 94.1 cm³/mol. The Balaban J connectivity index is 0.00000208. The maximum Gasteiger partial charge on any atom is 0.126 e. The van der Waals surface area contributed by atoms with Crippen LogP contribution in [0.3, 0.4) is 0 Å². The summed E-state index contributed by atoms with van der Waals surface area (Å²) < 4.78 is 26.3. The fourth-order valence-corrected chi connectivity index (χ4v) is 2.99. The minimum Gasteiger partial charge on any atom is -0.312 e. The quantitative estimate of drug-likeness (QED) is 0.749. The van der Waals surface area contributed by atoms with E-state index in [0.717, 1.165) is 24.7 Å². The number of hydrogen-bond donors (Lipinski definition) is 3. The van der Waals surface area contributed by atoms with Crippen LogP contribution in [0.5, 0.6) is 0 Å². The monoisotopic (exact) mass is 373 g/mol. The molecule has 3 N–H and O–H groups in total. The van der Waals surface area contributed by atoms with Gasteiger partial charge in [0, 0.05) is 36.6 Å². The zero-order valence-electron chi connectivity index (χ0n) is 12.9. The van der Waals surface area contributed by atoms with Crippen LogP contribution < -0.4 is 16.2 Å². The first-order chi connectivity index (χ1) is 11.1. The van der Waals surface area contributed by atoms with Crippen LogP contribution in [-0.2, 0) is 6.54 Å². The zero-order valence-corrected chi connectivity index (χ0v) is 14.4. The normalized spacial score (nSPS) is 20.0. The molecule has 1 aliphatic rings. The van der Waals surface area contributed by atoms with E-state index in [2.05, 4.69) is 16.2 Å². The number of hydrogen-bond acceptors (Lipinski definition) is 3. The van der Waals surface area contributed by atoms with Crippen LogP contribution in [0.15, 0.2) is 42.5 Å². The summed E-state index contributed by atoms with van der Waals surface area (Å²) in [6.45, 7) is 1.97. The Labute approximate surface area is 151 Å². The molecule has 130 valence electrons. The van der Waals surface area contributed by atoms with Gasteiger partial charge in [-0.15, -0.1) is 12.4 Å². The van der Waals surface area contributed by atoms with Crippen molar-refractivity contribution in [3.63, 3.8) is 0 Å². The molecule has 0 radical (unpaired) electrons. The molecule has 0 aromatic heterocycles. The number of rotatable bonds is 5. The van der Waals surface area contributed by atoms with Gasteiger partial charge in [0.25, 0.3) is 0 Å². The molecule has 1 aliphatic heterocycles. The second kappa shape index (κ2) is 8.74. The highest BCUT2D eigenvalue weighted by Gasteiger charge is 2.27. The lowest BCUT2D eigenvalue weighted by molar-refractivity contribution is 0.441. The molecule has 0 amide bonds. The van der Waals surface area contributed by atoms with Gasteiger partial charge in [-0.05, 0) is 35.4 Å². The molecule has 3 rings (SSSR count). The van der Waals surface area contributed by atoms with Gasteiger partial charge in [-0.25, -0.2) is 14.2 Å². The van der Waals surface area contributed by atoms with Gasteiger partial charge in [-0.1, -0.05) is 23.7 Å². The molecule has 2 atom stereocenters. The maximum atomic E-state index is 13.2. The van der Waals surface area contributed by atoms with Gasteiger partial charge in [0.05, 0.1) is 6.04 Å². The van der Waals surface area contributed by atoms with E-state index in [9.17, 15) is 8.78 Å². The van der Waals surface area contributed by atoms with Crippen LogP contribution in [0.25, 0.3) is 0 Å². The third-order valence-corrected chi connectivity index (χ3v) is 4.23. The Morgan fingerprint density at radius 3 is 2.42 bits per heavy atom. The molecule has 1 fully saturated rings. The molecule has 2 aromatic carbocycles. The molecule has 0 spiro atoms. The van der Waals surface area contributed by atoms with Gasteiger partial charge in [-0.2, -0.15) is 0 Å². The summed E-state index contributed by atoms with van der Waals surface area (Å²) in [5.41, 5.74) is 8.17. The van der Waals surface area contributed by atoms with Crippen LogP contribution >= 0.6 is 24.0 Å². The van der Waals surface area contributed by atoms with Gasteiger partial charge in [-0.3, -0.25) is 5.43 Å². The third-order valence-electron chi connectivity index (χ3n) is 3.98. The van der Waals surface area contributed by atoms with Gasteiger partial charge in [0.15, 0.2) is 0 Å². The SMILES string of the molecule is Cl.Fc1cc(F)cc(CNCC2CNNC2c2ccc(Cl)cc2)c1. The van der Waals surface area contributed by atoms with Crippen LogP contribution in [0, 0.1) is 17.6 Å². The highest BCUT2D eigenvalue weighted by molar-refractivity contribution is 6.30. The molecular formula is C17H19Cl2F2N3. The van der Waals surface area contributed by atoms with E-state index in [0.29, 0.717) is 23.0 Å². The summed E-state index contributed by atoms with van der Waals surface area (Å²) in [5, 5.41) is 3.98. The Morgan fingerprint density at radius 1 is 1.08 bits per heavy atom. The second-order valence-corrected chi connectivity index (χ2v) is 6.16. The number of halogens is 4. The lowest BCUT2D eigenvalue weighted by Gasteiger charge is -2.19. The smallest absolute Gasteiger partial charge is 0.126 e. The number of benzene rings is 2. The molecule has 3 nitrogen and oxygen atoms in total. The maximum absolute atomic E-state index is 13.2. The van der Waals surface area contributed by atoms with E-state index in [1.54, 1.807) is 0 Å². The minimum absolute atomic E-state index is 0. The molecule has 0 saturated carbocycles. The van der Waals surface area contributed by atoms with Crippen molar-refractivity contribution < 1.29 is 8.78 Å². The molecular weight excluding hydrogens is 355 g/mol. The molecule has 1 heterocycles. The number of nitrogens with one attached hydrogen (secondary N) is 3. The minimum atomic E-state index is -0.551. The topological polar surface area (TPSA) is 36.1 Å². The molecule has 2 aromatic rings. The highest BCUT2D eigenvalue weighted by atomic mass is 35.5. The van der Waals surface area contributed by atoms with E-state index < -0.39 is 11.6 Å². The Bertz CT molecular complexity index is 647. The Morgan fingerprint density at radius 2 is 1.75 bits per heavy atom. The lowest BCUT2D eigenvalue weighted by Crippen LogP contribution is -2.28. The predicted octanol–water partition coefficient (Wildman–Crippen LogP) is 3.59. The fraction of sp³-hybridized carbons (Fsp3) is 0.294. The van der Waals surface area contributed by atoms with Crippen molar-refractivity contribution in [1.82, 2.24) is 16.2 Å². The zero-order chi connectivity index (χ0) is 16.2. The fourth-order valence-electron chi connectivity index (χ4n) is 2.87. The first-order valence-corrected chi connectivity index (χ1v) is 7.89. The van der Waals surface area contributed by atoms with Crippen LogP contribution in [0.2, 0.25) is 5.02 Å². The summed E-state index contributed by atoms with van der Waals surface area (Å²) in [6.07, 6.45) is 0. The molecule has 2 unspecified atom stereocenters. The molecule has 24 heavy (non-hydrogen) atoms. The standard InChI is InChI=1S/C17H18ClF2N3.ClH/c18-14-3-1-12(2-4-14)17-13(10-22-23-17)9-21-8-11-5-15(19)7-16(20)6-11;/h1-7,13,17,21-23H,8-10H2;1H. The third kappa shape index (κ3) is 4.88. The molecule has 1 saturated heterocycles. The van der Waals surface area contributed by atoms with E-state index in [1.165, 1.54) is 12.1 Å². The number of hydrazine groups is 1. The van der Waals surface area contributed by atoms with Crippen LogP contribution in [-0.4, -0.2) is 13.1 Å². The van der Waals surface area contributed by atoms with Gasteiger partial charge < -0.3 is 5.32 Å². The second-order valence-electron chi connectivity index (χ2n) is 5.72. The summed E-state index contributed by atoms with van der Waals surface area (Å²) in [7, 11) is 0. The molecule has 0 aliphatic carbocycles. The average molecular weight is 374 g/mol. The van der Waals surface area contributed by atoms with Gasteiger partial charge >= 0.3 is 0 Å². The molecule has 7 heteroatoms. The summed E-state index contributed by atoms with van der Waals surface area (Å²) in [5.74, 6) is -0.773. The largest absolute Gasteiger partial charge is 0.312 e. The van der Waals surface area contributed by atoms with Crippen molar-refractivity contribution in [3.05, 3.63) is 70.2 Å². The van der Waals surface area contributed by atoms with Gasteiger partial charge in [0.2, 0.25) is 0 Å². The average Bonchev–Trinajstić information content (AvgIpc) is 2.95. The lowest BCUT2D eigenvalue weighted by atomic mass is 9.95. The van der Waals surface area contributed by atoms with Crippen LogP contribution in [0.4, 0.5) is 8.78 Å². The summed E-state index contributed by atoms with van der Waals surface area (Å²) in [4.78, 5) is 0. The van der Waals surface area contributed by atoms with E-state index in [4.69, 9.17) is 11.6 Å². The molecule has 0 bridgehead atoms. The first kappa shape index (κ1) is 19.1. The summed E-state index contributed by atoms with van der Waals surface area (Å²) >= 11 is 5.92. The Kier molecular flexibility index (Phi) is 6.95. The van der Waals surface area contributed by atoms with Crippen molar-refractivity contribution in [2.24, 2.45) is 5.92 Å². The van der Waals surface area contributed by atoms with E-state index >= 15 is 0 Å². The van der Waals surface area contributed by atoms with Crippen molar-refractivity contribution in [2.45, 2.75) is 12.6 Å². The first-order valence-electron chi connectivity index (χ1n) is 7.51. The van der Waals surface area contributed by atoms with Gasteiger partial charge in [0.1, 0.15) is 11.6 Å². The van der Waals surface area contributed by atoms with Crippen molar-refractivity contribution in [2.75, 3.05) is 13.1 Å². The van der Waals surface area contributed by atoms with Crippen LogP contribution in [0.1, 0.15) is 17.2 Å². The van der Waals surface area contributed by atoms with E-state index in [-0.39, 0.29) is 18.4 Å². The van der Waals surface area contributed by atoms with Crippen molar-refractivity contribution >= 4 is 24.0 Å². The Hall–Kier alpha value is -1.24.